The van der Waals surface area contributed by atoms with Gasteiger partial charge in [-0.15, -0.1) is 0 Å². The van der Waals surface area contributed by atoms with Crippen molar-refractivity contribution in [2.24, 2.45) is 11.8 Å². The van der Waals surface area contributed by atoms with Gasteiger partial charge in [-0.25, -0.2) is 0 Å². The summed E-state index contributed by atoms with van der Waals surface area (Å²) in [5.41, 5.74) is 0.640. The fraction of sp³-hybridized carbons (Fsp3) is 0.529. The summed E-state index contributed by atoms with van der Waals surface area (Å²) in [6.07, 6.45) is -3.15. The van der Waals surface area contributed by atoms with E-state index in [9.17, 15) is 22.8 Å². The first-order valence-corrected chi connectivity index (χ1v) is 7.85. The highest BCUT2D eigenvalue weighted by Crippen LogP contribution is 2.35. The van der Waals surface area contributed by atoms with Crippen molar-refractivity contribution in [2.75, 3.05) is 0 Å². The molecule has 1 unspecified atom stereocenters. The second kappa shape index (κ2) is 7.23. The third kappa shape index (κ3) is 4.49. The summed E-state index contributed by atoms with van der Waals surface area (Å²) < 4.78 is 40.1. The summed E-state index contributed by atoms with van der Waals surface area (Å²) in [4.78, 5) is 23.3. The van der Waals surface area contributed by atoms with E-state index in [1.807, 2.05) is 0 Å². The molecule has 1 aliphatic carbocycles. The largest absolute Gasteiger partial charge is 0.481 e. The Morgan fingerprint density at radius 2 is 1.92 bits per heavy atom. The molecule has 1 fully saturated rings. The molecule has 0 radical (unpaired) electrons. The molecule has 1 amide bonds. The van der Waals surface area contributed by atoms with E-state index in [0.29, 0.717) is 24.8 Å². The van der Waals surface area contributed by atoms with Crippen LogP contribution in [-0.2, 0) is 9.59 Å². The van der Waals surface area contributed by atoms with Crippen LogP contribution in [0.4, 0.5) is 13.2 Å². The lowest BCUT2D eigenvalue weighted by atomic mass is 9.81. The van der Waals surface area contributed by atoms with Crippen molar-refractivity contribution in [3.05, 3.63) is 35.4 Å². The second-order valence-corrected chi connectivity index (χ2v) is 6.30. The van der Waals surface area contributed by atoms with Crippen LogP contribution in [0, 0.1) is 18.8 Å². The molecule has 0 aliphatic heterocycles. The first kappa shape index (κ1) is 18.3. The standard InChI is InChI=1S/C17H20F3NO3/c1-10-4-2-5-11(8-10)14(17(18,19)20)21-15(22)12-6-3-7-13(9-12)16(23)24/h2,4-5,8,12-14H,3,6-7,9H2,1H3,(H,21,22)(H,23,24)/t12-,13+,14?/m1/s1. The number of hydrogen-bond donors (Lipinski definition) is 2. The summed E-state index contributed by atoms with van der Waals surface area (Å²) in [5.74, 6) is -3.10. The smallest absolute Gasteiger partial charge is 0.412 e. The van der Waals surface area contributed by atoms with Gasteiger partial charge in [0.2, 0.25) is 5.91 Å². The lowest BCUT2D eigenvalue weighted by molar-refractivity contribution is -0.165. The Bertz CT molecular complexity index is 615. The number of carbonyl (C=O) groups excluding carboxylic acids is 1. The first-order chi connectivity index (χ1) is 11.2. The SMILES string of the molecule is Cc1cccc(C(NC(=O)[C@@H]2CCC[C@H](C(=O)O)C2)C(F)(F)F)c1. The number of carbonyl (C=O) groups is 2. The van der Waals surface area contributed by atoms with Crippen molar-refractivity contribution in [3.63, 3.8) is 0 Å². The number of alkyl halides is 3. The predicted molar refractivity (Wildman–Crippen MR) is 81.2 cm³/mol. The quantitative estimate of drug-likeness (QED) is 0.878. The van der Waals surface area contributed by atoms with Gasteiger partial charge in [0, 0.05) is 5.92 Å². The highest BCUT2D eigenvalue weighted by atomic mass is 19.4. The highest BCUT2D eigenvalue weighted by molar-refractivity contribution is 5.80. The van der Waals surface area contributed by atoms with Crippen LogP contribution in [0.3, 0.4) is 0 Å². The van der Waals surface area contributed by atoms with Crippen molar-refractivity contribution < 1.29 is 27.9 Å². The summed E-state index contributed by atoms with van der Waals surface area (Å²) in [5, 5.41) is 11.1. The normalized spacial score (nSPS) is 22.7. The molecule has 0 bridgehead atoms. The zero-order valence-corrected chi connectivity index (χ0v) is 13.3. The number of aryl methyl sites for hydroxylation is 1. The average molecular weight is 343 g/mol. The summed E-state index contributed by atoms with van der Waals surface area (Å²) in [6.45, 7) is 1.68. The van der Waals surface area contributed by atoms with Crippen molar-refractivity contribution in [1.29, 1.82) is 0 Å². The van der Waals surface area contributed by atoms with Gasteiger partial charge in [-0.3, -0.25) is 9.59 Å². The van der Waals surface area contributed by atoms with Crippen LogP contribution in [0.2, 0.25) is 0 Å². The van der Waals surface area contributed by atoms with Gasteiger partial charge in [0.05, 0.1) is 5.92 Å². The van der Waals surface area contributed by atoms with Gasteiger partial charge in [0.25, 0.3) is 0 Å². The molecule has 3 atom stereocenters. The number of benzene rings is 1. The van der Waals surface area contributed by atoms with Crippen LogP contribution in [0.25, 0.3) is 0 Å². The lowest BCUT2D eigenvalue weighted by Gasteiger charge is -2.29. The molecule has 1 aliphatic rings. The van der Waals surface area contributed by atoms with Crippen molar-refractivity contribution in [3.8, 4) is 0 Å². The minimum atomic E-state index is -4.62. The van der Waals surface area contributed by atoms with E-state index in [0.717, 1.165) is 0 Å². The average Bonchev–Trinajstić information content (AvgIpc) is 2.51. The maximum Gasteiger partial charge on any atom is 0.412 e. The summed E-state index contributed by atoms with van der Waals surface area (Å²) in [7, 11) is 0. The molecule has 2 rings (SSSR count). The van der Waals surface area contributed by atoms with Crippen LogP contribution < -0.4 is 5.32 Å². The maximum absolute atomic E-state index is 13.4. The number of halogens is 3. The van der Waals surface area contributed by atoms with E-state index in [4.69, 9.17) is 5.11 Å². The van der Waals surface area contributed by atoms with E-state index in [-0.39, 0.29) is 12.0 Å². The number of hydrogen-bond acceptors (Lipinski definition) is 2. The van der Waals surface area contributed by atoms with E-state index >= 15 is 0 Å². The van der Waals surface area contributed by atoms with Gasteiger partial charge >= 0.3 is 12.1 Å². The van der Waals surface area contributed by atoms with Crippen molar-refractivity contribution in [1.82, 2.24) is 5.32 Å². The zero-order chi connectivity index (χ0) is 17.9. The molecule has 0 saturated heterocycles. The number of carboxylic acid groups (broad SMARTS) is 1. The third-order valence-corrected chi connectivity index (χ3v) is 4.38. The number of amides is 1. The van der Waals surface area contributed by atoms with Crippen molar-refractivity contribution >= 4 is 11.9 Å². The van der Waals surface area contributed by atoms with Gasteiger partial charge in [-0.2, -0.15) is 13.2 Å². The van der Waals surface area contributed by atoms with Gasteiger partial charge in [-0.05, 0) is 31.7 Å². The molecule has 0 aromatic heterocycles. The van der Waals surface area contributed by atoms with Crippen LogP contribution in [0.1, 0.15) is 42.9 Å². The Balaban J connectivity index is 2.15. The van der Waals surface area contributed by atoms with Gasteiger partial charge < -0.3 is 10.4 Å². The lowest BCUT2D eigenvalue weighted by Crippen LogP contribution is -2.42. The van der Waals surface area contributed by atoms with Crippen LogP contribution in [0.5, 0.6) is 0 Å². The van der Waals surface area contributed by atoms with E-state index in [1.54, 1.807) is 13.0 Å². The minimum absolute atomic E-state index is 0.0264. The fourth-order valence-electron chi connectivity index (χ4n) is 3.12. The Morgan fingerprint density at radius 1 is 1.25 bits per heavy atom. The summed E-state index contributed by atoms with van der Waals surface area (Å²) in [6, 6.07) is 3.81. The van der Waals surface area contributed by atoms with E-state index in [2.05, 4.69) is 5.32 Å². The van der Waals surface area contributed by atoms with Gasteiger partial charge in [0.15, 0.2) is 6.04 Å². The Hall–Kier alpha value is -2.05. The molecule has 132 valence electrons. The number of aliphatic carboxylic acids is 1. The van der Waals surface area contributed by atoms with E-state index < -0.39 is 35.9 Å². The molecule has 1 aromatic carbocycles. The monoisotopic (exact) mass is 343 g/mol. The first-order valence-electron chi connectivity index (χ1n) is 7.85. The molecule has 4 nitrogen and oxygen atoms in total. The third-order valence-electron chi connectivity index (χ3n) is 4.38. The zero-order valence-electron chi connectivity index (χ0n) is 13.3. The maximum atomic E-state index is 13.4. The minimum Gasteiger partial charge on any atom is -0.481 e. The fourth-order valence-corrected chi connectivity index (χ4v) is 3.12. The molecule has 0 heterocycles. The molecule has 0 spiro atoms. The van der Waals surface area contributed by atoms with Crippen LogP contribution >= 0.6 is 0 Å². The topological polar surface area (TPSA) is 66.4 Å². The molecular formula is C17H20F3NO3. The molecule has 24 heavy (non-hydrogen) atoms. The predicted octanol–water partition coefficient (Wildman–Crippen LogP) is 3.61. The van der Waals surface area contributed by atoms with Gasteiger partial charge in [-0.1, -0.05) is 36.2 Å². The number of carboxylic acids is 1. The molecule has 1 aromatic rings. The van der Waals surface area contributed by atoms with Crippen LogP contribution in [-0.4, -0.2) is 23.2 Å². The molecule has 1 saturated carbocycles. The number of rotatable bonds is 4. The Morgan fingerprint density at radius 3 is 2.50 bits per heavy atom. The highest BCUT2D eigenvalue weighted by Gasteiger charge is 2.43. The second-order valence-electron chi connectivity index (χ2n) is 6.30. The number of nitrogens with one attached hydrogen (secondary N) is 1. The summed E-state index contributed by atoms with van der Waals surface area (Å²) >= 11 is 0. The van der Waals surface area contributed by atoms with E-state index in [1.165, 1.54) is 18.2 Å². The molecule has 7 heteroatoms. The Labute approximate surface area is 138 Å². The van der Waals surface area contributed by atoms with Gasteiger partial charge in [0.1, 0.15) is 0 Å². The molecule has 2 N–H and O–H groups in total. The molecular weight excluding hydrogens is 323 g/mol. The Kier molecular flexibility index (Phi) is 5.51. The van der Waals surface area contributed by atoms with Crippen molar-refractivity contribution in [2.45, 2.75) is 44.8 Å². The van der Waals surface area contributed by atoms with Crippen LogP contribution in [0.15, 0.2) is 24.3 Å².